The molecule has 1 aromatic carbocycles. The van der Waals surface area contributed by atoms with Gasteiger partial charge in [0.2, 0.25) is 0 Å². The summed E-state index contributed by atoms with van der Waals surface area (Å²) < 4.78 is 3.25. The maximum Gasteiger partial charge on any atom is 0.297 e. The molecular weight excluding hydrogens is 350 g/mol. The first-order valence-electron chi connectivity index (χ1n) is 9.51. The van der Waals surface area contributed by atoms with Crippen molar-refractivity contribution in [3.63, 3.8) is 0 Å². The highest BCUT2D eigenvalue weighted by molar-refractivity contribution is 5.80. The summed E-state index contributed by atoms with van der Waals surface area (Å²) in [5.41, 5.74) is 5.93. The monoisotopic (exact) mass is 371 g/mol. The highest BCUT2D eigenvalue weighted by atomic mass is 16.1. The lowest BCUT2D eigenvalue weighted by atomic mass is 10.0. The van der Waals surface area contributed by atoms with Crippen molar-refractivity contribution >= 4 is 11.2 Å². The summed E-state index contributed by atoms with van der Waals surface area (Å²) >= 11 is 0. The fourth-order valence-corrected chi connectivity index (χ4v) is 4.02. The molecule has 6 nitrogen and oxygen atoms in total. The summed E-state index contributed by atoms with van der Waals surface area (Å²) in [5, 5.41) is 4.35. The van der Waals surface area contributed by atoms with Crippen LogP contribution in [0.25, 0.3) is 22.5 Å². The standard InChI is InChI=1S/C22H21N5O/c1-15-20(17-7-5-8-18(13-17)25-11-6-12-25)16(2)26-14-24-27(22(28)21(15)26)19-9-3-4-10-23-19/h3-5,7-10,13-14H,6,11-12H2,1-2H3. The van der Waals surface area contributed by atoms with Crippen LogP contribution in [0, 0.1) is 13.8 Å². The molecule has 1 saturated heterocycles. The molecule has 1 aliphatic heterocycles. The Hall–Kier alpha value is -3.41. The van der Waals surface area contributed by atoms with Gasteiger partial charge in [0.1, 0.15) is 11.8 Å². The molecule has 4 aromatic rings. The largest absolute Gasteiger partial charge is 0.371 e. The second-order valence-corrected chi connectivity index (χ2v) is 7.23. The predicted molar refractivity (Wildman–Crippen MR) is 110 cm³/mol. The SMILES string of the molecule is Cc1c(-c2cccc(N3CCC3)c2)c(C)n2cnn(-c3ccccn3)c(=O)c12. The van der Waals surface area contributed by atoms with E-state index in [1.807, 2.05) is 30.4 Å². The van der Waals surface area contributed by atoms with Gasteiger partial charge in [0.25, 0.3) is 5.56 Å². The van der Waals surface area contributed by atoms with E-state index < -0.39 is 0 Å². The lowest BCUT2D eigenvalue weighted by Crippen LogP contribution is -2.36. The van der Waals surface area contributed by atoms with E-state index in [1.165, 1.54) is 16.8 Å². The highest BCUT2D eigenvalue weighted by Crippen LogP contribution is 2.33. The van der Waals surface area contributed by atoms with Crippen molar-refractivity contribution in [1.82, 2.24) is 19.2 Å². The Balaban J connectivity index is 1.71. The first kappa shape index (κ1) is 16.7. The quantitative estimate of drug-likeness (QED) is 0.554. The molecule has 28 heavy (non-hydrogen) atoms. The number of aryl methyl sites for hydroxylation is 2. The molecule has 0 N–H and O–H groups in total. The molecule has 0 bridgehead atoms. The third-order valence-corrected chi connectivity index (χ3v) is 5.59. The summed E-state index contributed by atoms with van der Waals surface area (Å²) in [6.07, 6.45) is 4.62. The van der Waals surface area contributed by atoms with E-state index in [1.54, 1.807) is 18.6 Å². The van der Waals surface area contributed by atoms with E-state index in [0.29, 0.717) is 11.3 Å². The van der Waals surface area contributed by atoms with E-state index in [0.717, 1.165) is 35.5 Å². The molecule has 0 aliphatic carbocycles. The van der Waals surface area contributed by atoms with Gasteiger partial charge in [0, 0.05) is 36.2 Å². The molecule has 1 fully saturated rings. The van der Waals surface area contributed by atoms with E-state index in [9.17, 15) is 4.79 Å². The Morgan fingerprint density at radius 1 is 1.04 bits per heavy atom. The molecule has 4 heterocycles. The summed E-state index contributed by atoms with van der Waals surface area (Å²) in [6, 6.07) is 14.0. The number of hydrogen-bond acceptors (Lipinski definition) is 4. The fourth-order valence-electron chi connectivity index (χ4n) is 4.02. The molecule has 5 rings (SSSR count). The van der Waals surface area contributed by atoms with E-state index in [4.69, 9.17) is 0 Å². The van der Waals surface area contributed by atoms with Crippen LogP contribution in [0.2, 0.25) is 0 Å². The van der Waals surface area contributed by atoms with Crippen LogP contribution < -0.4 is 10.5 Å². The first-order valence-corrected chi connectivity index (χ1v) is 9.51. The minimum Gasteiger partial charge on any atom is -0.371 e. The molecule has 0 saturated carbocycles. The molecule has 1 aliphatic rings. The van der Waals surface area contributed by atoms with Crippen LogP contribution in [-0.2, 0) is 0 Å². The number of nitrogens with zero attached hydrogens (tertiary/aromatic N) is 5. The number of fused-ring (bicyclic) bond motifs is 1. The number of aromatic nitrogens is 4. The average molecular weight is 371 g/mol. The molecule has 0 unspecified atom stereocenters. The number of anilines is 1. The number of rotatable bonds is 3. The lowest BCUT2D eigenvalue weighted by molar-refractivity contribution is 0.618. The van der Waals surface area contributed by atoms with Gasteiger partial charge >= 0.3 is 0 Å². The fraction of sp³-hybridized carbons (Fsp3) is 0.227. The maximum atomic E-state index is 13.2. The van der Waals surface area contributed by atoms with Gasteiger partial charge < -0.3 is 4.90 Å². The third-order valence-electron chi connectivity index (χ3n) is 5.59. The third kappa shape index (κ3) is 2.45. The van der Waals surface area contributed by atoms with Crippen molar-refractivity contribution in [2.45, 2.75) is 20.3 Å². The molecule has 6 heteroatoms. The predicted octanol–water partition coefficient (Wildman–Crippen LogP) is 3.37. The Morgan fingerprint density at radius 3 is 2.61 bits per heavy atom. The normalized spacial score (nSPS) is 13.7. The summed E-state index contributed by atoms with van der Waals surface area (Å²) in [7, 11) is 0. The maximum absolute atomic E-state index is 13.2. The topological polar surface area (TPSA) is 55.4 Å². The van der Waals surface area contributed by atoms with Gasteiger partial charge in [0.05, 0.1) is 0 Å². The Labute approximate surface area is 162 Å². The summed E-state index contributed by atoms with van der Waals surface area (Å²) in [4.78, 5) is 19.8. The van der Waals surface area contributed by atoms with Crippen molar-refractivity contribution in [2.75, 3.05) is 18.0 Å². The van der Waals surface area contributed by atoms with Crippen molar-refractivity contribution in [3.05, 3.63) is 76.6 Å². The van der Waals surface area contributed by atoms with Crippen LogP contribution in [0.1, 0.15) is 17.7 Å². The number of pyridine rings is 1. The van der Waals surface area contributed by atoms with Crippen LogP contribution in [0.3, 0.4) is 0 Å². The molecular formula is C22H21N5O. The first-order chi connectivity index (χ1) is 13.6. The average Bonchev–Trinajstić information content (AvgIpc) is 2.93. The van der Waals surface area contributed by atoms with E-state index >= 15 is 0 Å². The molecule has 0 radical (unpaired) electrons. The molecule has 3 aromatic heterocycles. The van der Waals surface area contributed by atoms with Crippen LogP contribution in [0.4, 0.5) is 5.69 Å². The Morgan fingerprint density at radius 2 is 1.89 bits per heavy atom. The van der Waals surface area contributed by atoms with E-state index in [-0.39, 0.29) is 5.56 Å². The zero-order valence-corrected chi connectivity index (χ0v) is 16.0. The van der Waals surface area contributed by atoms with Crippen molar-refractivity contribution < 1.29 is 0 Å². The molecule has 0 atom stereocenters. The van der Waals surface area contributed by atoms with Gasteiger partial charge in [-0.1, -0.05) is 18.2 Å². The second kappa shape index (κ2) is 6.34. The summed E-state index contributed by atoms with van der Waals surface area (Å²) in [5.74, 6) is 0.523. The smallest absolute Gasteiger partial charge is 0.297 e. The van der Waals surface area contributed by atoms with Crippen LogP contribution in [0.15, 0.2) is 59.8 Å². The number of hydrogen-bond donors (Lipinski definition) is 0. The Bertz CT molecular complexity index is 1240. The lowest BCUT2D eigenvalue weighted by Gasteiger charge is -2.33. The van der Waals surface area contributed by atoms with Crippen molar-refractivity contribution in [1.29, 1.82) is 0 Å². The number of benzene rings is 1. The Kier molecular flexibility index (Phi) is 3.79. The minimum atomic E-state index is -0.160. The zero-order valence-electron chi connectivity index (χ0n) is 16.0. The van der Waals surface area contributed by atoms with Gasteiger partial charge in [-0.05, 0) is 55.7 Å². The zero-order chi connectivity index (χ0) is 19.3. The summed E-state index contributed by atoms with van der Waals surface area (Å²) in [6.45, 7) is 6.27. The minimum absolute atomic E-state index is 0.160. The van der Waals surface area contributed by atoms with Gasteiger partial charge in [-0.15, -0.1) is 0 Å². The van der Waals surface area contributed by atoms with Gasteiger partial charge in [-0.3, -0.25) is 9.20 Å². The van der Waals surface area contributed by atoms with E-state index in [2.05, 4.69) is 39.2 Å². The van der Waals surface area contributed by atoms with Crippen LogP contribution in [0.5, 0.6) is 0 Å². The molecule has 0 spiro atoms. The van der Waals surface area contributed by atoms with Gasteiger partial charge in [0.15, 0.2) is 5.82 Å². The van der Waals surface area contributed by atoms with Crippen LogP contribution in [-0.4, -0.2) is 32.3 Å². The van der Waals surface area contributed by atoms with Gasteiger partial charge in [-0.2, -0.15) is 9.78 Å². The molecule has 0 amide bonds. The highest BCUT2D eigenvalue weighted by Gasteiger charge is 2.20. The molecule has 140 valence electrons. The van der Waals surface area contributed by atoms with Crippen molar-refractivity contribution in [2.24, 2.45) is 0 Å². The van der Waals surface area contributed by atoms with Gasteiger partial charge in [-0.25, -0.2) is 4.98 Å². The second-order valence-electron chi connectivity index (χ2n) is 7.23. The van der Waals surface area contributed by atoms with Crippen LogP contribution >= 0.6 is 0 Å². The van der Waals surface area contributed by atoms with Crippen molar-refractivity contribution in [3.8, 4) is 16.9 Å².